The average Bonchev–Trinajstić information content (AvgIpc) is 2.99. The monoisotopic (exact) mass is 347 g/mol. The summed E-state index contributed by atoms with van der Waals surface area (Å²) in [6, 6.07) is 7.30. The molecule has 0 spiro atoms. The molecule has 5 nitrogen and oxygen atoms in total. The second-order valence-corrected chi connectivity index (χ2v) is 8.31. The summed E-state index contributed by atoms with van der Waals surface area (Å²) in [4.78, 5) is 12.8. The highest BCUT2D eigenvalue weighted by Crippen LogP contribution is 2.68. The molecule has 1 amide bonds. The van der Waals surface area contributed by atoms with Crippen LogP contribution in [0.1, 0.15) is 39.7 Å². The van der Waals surface area contributed by atoms with Crippen LogP contribution >= 0.6 is 0 Å². The van der Waals surface area contributed by atoms with Crippen LogP contribution in [-0.2, 0) is 16.1 Å². The van der Waals surface area contributed by atoms with Crippen LogP contribution in [-0.4, -0.2) is 36.4 Å². The van der Waals surface area contributed by atoms with Gasteiger partial charge in [0, 0.05) is 12.5 Å². The zero-order valence-electron chi connectivity index (χ0n) is 15.5. The number of rotatable bonds is 5. The van der Waals surface area contributed by atoms with Gasteiger partial charge in [-0.2, -0.15) is 0 Å². The van der Waals surface area contributed by atoms with Crippen molar-refractivity contribution in [1.82, 2.24) is 5.32 Å². The molecule has 1 heterocycles. The third-order valence-corrected chi connectivity index (χ3v) is 6.31. The Morgan fingerprint density at radius 1 is 1.24 bits per heavy atom. The molecule has 1 aliphatic heterocycles. The van der Waals surface area contributed by atoms with E-state index >= 15 is 0 Å². The smallest absolute Gasteiger partial charge is 0.224 e. The number of carbonyl (C=O) groups excluding carboxylic acids is 1. The Morgan fingerprint density at radius 2 is 1.88 bits per heavy atom. The molecule has 0 bridgehead atoms. The van der Waals surface area contributed by atoms with Crippen LogP contribution < -0.4 is 10.1 Å². The largest absolute Gasteiger partial charge is 0.486 e. The Bertz CT molecular complexity index is 609. The number of ether oxygens (including phenoxy) is 2. The summed E-state index contributed by atoms with van der Waals surface area (Å²) in [6.07, 6.45) is 0.543. The zero-order valence-corrected chi connectivity index (χ0v) is 15.5. The van der Waals surface area contributed by atoms with Gasteiger partial charge in [-0.15, -0.1) is 0 Å². The minimum atomic E-state index is -0.206. The van der Waals surface area contributed by atoms with Crippen molar-refractivity contribution in [2.75, 3.05) is 13.2 Å². The number of carbonyl (C=O) groups is 1. The van der Waals surface area contributed by atoms with Crippen molar-refractivity contribution >= 4 is 5.91 Å². The Balaban J connectivity index is 1.64. The number of aliphatic hydroxyl groups excluding tert-OH is 1. The zero-order chi connectivity index (χ0) is 18.2. The lowest BCUT2D eigenvalue weighted by molar-refractivity contribution is -0.126. The highest BCUT2D eigenvalue weighted by atomic mass is 16.5. The van der Waals surface area contributed by atoms with Gasteiger partial charge < -0.3 is 19.9 Å². The number of hydrogen-bond donors (Lipinski definition) is 2. The predicted molar refractivity (Wildman–Crippen MR) is 95.2 cm³/mol. The van der Waals surface area contributed by atoms with Crippen LogP contribution in [0.4, 0.5) is 0 Å². The Kier molecular flexibility index (Phi) is 4.82. The number of benzene rings is 1. The third-order valence-electron chi connectivity index (χ3n) is 6.31. The van der Waals surface area contributed by atoms with Crippen molar-refractivity contribution in [3.05, 3.63) is 29.8 Å². The predicted octanol–water partition coefficient (Wildman–Crippen LogP) is 2.51. The van der Waals surface area contributed by atoms with E-state index in [9.17, 15) is 4.79 Å². The molecule has 0 unspecified atom stereocenters. The number of nitrogens with one attached hydrogen (secondary N) is 1. The van der Waals surface area contributed by atoms with Gasteiger partial charge in [-0.3, -0.25) is 4.79 Å². The minimum Gasteiger partial charge on any atom is -0.486 e. The average molecular weight is 347 g/mol. The van der Waals surface area contributed by atoms with Crippen molar-refractivity contribution in [1.29, 1.82) is 0 Å². The second kappa shape index (κ2) is 6.61. The fourth-order valence-electron chi connectivity index (χ4n) is 3.96. The van der Waals surface area contributed by atoms with Gasteiger partial charge in [0.15, 0.2) is 0 Å². The molecule has 5 heteroatoms. The molecule has 0 aromatic heterocycles. The van der Waals surface area contributed by atoms with Gasteiger partial charge in [0.05, 0.1) is 19.3 Å². The molecule has 1 aliphatic carbocycles. The molecule has 2 atom stereocenters. The molecule has 1 saturated carbocycles. The lowest BCUT2D eigenvalue weighted by Crippen LogP contribution is -2.52. The van der Waals surface area contributed by atoms with E-state index < -0.39 is 0 Å². The van der Waals surface area contributed by atoms with Crippen molar-refractivity contribution in [2.45, 2.75) is 52.9 Å². The van der Waals surface area contributed by atoms with Gasteiger partial charge in [-0.25, -0.2) is 0 Å². The maximum atomic E-state index is 12.8. The Labute approximate surface area is 149 Å². The molecule has 3 rings (SSSR count). The first-order valence-corrected chi connectivity index (χ1v) is 9.02. The molecule has 1 aromatic rings. The summed E-state index contributed by atoms with van der Waals surface area (Å²) < 4.78 is 11.6. The summed E-state index contributed by atoms with van der Waals surface area (Å²) in [5, 5.41) is 12.3. The Morgan fingerprint density at radius 3 is 2.44 bits per heavy atom. The lowest BCUT2D eigenvalue weighted by atomic mass is 10.0. The molecule has 2 N–H and O–H groups in total. The van der Waals surface area contributed by atoms with Crippen LogP contribution in [0.2, 0.25) is 0 Å². The molecule has 138 valence electrons. The fraction of sp³-hybridized carbons (Fsp3) is 0.650. The normalized spacial score (nSPS) is 27.6. The van der Waals surface area contributed by atoms with Crippen molar-refractivity contribution < 1.29 is 19.4 Å². The van der Waals surface area contributed by atoms with Crippen molar-refractivity contribution in [3.63, 3.8) is 0 Å². The Hall–Kier alpha value is -1.59. The molecule has 2 fully saturated rings. The van der Waals surface area contributed by atoms with Gasteiger partial charge >= 0.3 is 0 Å². The van der Waals surface area contributed by atoms with E-state index in [1.54, 1.807) is 0 Å². The number of hydrogen-bond acceptors (Lipinski definition) is 4. The van der Waals surface area contributed by atoms with E-state index in [-0.39, 0.29) is 41.4 Å². The molecule has 1 aromatic carbocycles. The third kappa shape index (κ3) is 3.40. The van der Waals surface area contributed by atoms with E-state index in [1.165, 1.54) is 0 Å². The highest BCUT2D eigenvalue weighted by molar-refractivity contribution is 5.84. The van der Waals surface area contributed by atoms with Crippen LogP contribution in [0, 0.1) is 16.7 Å². The topological polar surface area (TPSA) is 67.8 Å². The number of aliphatic hydroxyl groups is 1. The van der Waals surface area contributed by atoms with E-state index in [2.05, 4.69) is 33.0 Å². The van der Waals surface area contributed by atoms with Gasteiger partial charge in [0.2, 0.25) is 5.91 Å². The SMILES string of the molecule is CC1(C)C(C(=O)N[C@@H]2CCOC[C@H]2Oc2ccc(CO)cc2)C1(C)C. The molecular formula is C20H29NO4. The summed E-state index contributed by atoms with van der Waals surface area (Å²) in [5.41, 5.74) is 0.896. The number of amides is 1. The van der Waals surface area contributed by atoms with Crippen LogP contribution in [0.3, 0.4) is 0 Å². The van der Waals surface area contributed by atoms with Gasteiger partial charge in [0.1, 0.15) is 11.9 Å². The van der Waals surface area contributed by atoms with E-state index in [0.29, 0.717) is 13.2 Å². The molecule has 0 radical (unpaired) electrons. The van der Waals surface area contributed by atoms with Crippen LogP contribution in [0.25, 0.3) is 0 Å². The van der Waals surface area contributed by atoms with E-state index in [4.69, 9.17) is 14.6 Å². The van der Waals surface area contributed by atoms with Gasteiger partial charge in [0.25, 0.3) is 0 Å². The lowest BCUT2D eigenvalue weighted by Gasteiger charge is -2.32. The summed E-state index contributed by atoms with van der Waals surface area (Å²) >= 11 is 0. The van der Waals surface area contributed by atoms with Gasteiger partial charge in [-0.1, -0.05) is 39.8 Å². The molecule has 1 saturated heterocycles. The molecule has 2 aliphatic rings. The standard InChI is InChI=1S/C20H29NO4/c1-19(2)17(20(19,3)4)18(23)21-15-9-10-24-12-16(15)25-14-7-5-13(11-22)6-8-14/h5-8,15-17,22H,9-12H2,1-4H3,(H,21,23)/t15-,16-/m1/s1. The maximum absolute atomic E-state index is 12.8. The quantitative estimate of drug-likeness (QED) is 0.859. The summed E-state index contributed by atoms with van der Waals surface area (Å²) in [5.74, 6) is 0.873. The molecular weight excluding hydrogens is 318 g/mol. The van der Waals surface area contributed by atoms with Crippen LogP contribution in [0.15, 0.2) is 24.3 Å². The maximum Gasteiger partial charge on any atom is 0.224 e. The van der Waals surface area contributed by atoms with E-state index in [1.807, 2.05) is 24.3 Å². The minimum absolute atomic E-state index is 0.0124. The van der Waals surface area contributed by atoms with Crippen LogP contribution in [0.5, 0.6) is 5.75 Å². The molecule has 25 heavy (non-hydrogen) atoms. The van der Waals surface area contributed by atoms with E-state index in [0.717, 1.165) is 17.7 Å². The first-order valence-electron chi connectivity index (χ1n) is 9.02. The highest BCUT2D eigenvalue weighted by Gasteiger charge is 2.68. The van der Waals surface area contributed by atoms with Gasteiger partial charge in [-0.05, 0) is 34.9 Å². The fourth-order valence-corrected chi connectivity index (χ4v) is 3.96. The van der Waals surface area contributed by atoms with Crippen molar-refractivity contribution in [3.8, 4) is 5.75 Å². The van der Waals surface area contributed by atoms with Crippen molar-refractivity contribution in [2.24, 2.45) is 16.7 Å². The first kappa shape index (κ1) is 18.2. The summed E-state index contributed by atoms with van der Waals surface area (Å²) in [7, 11) is 0. The first-order chi connectivity index (χ1) is 11.8. The summed E-state index contributed by atoms with van der Waals surface area (Å²) in [6.45, 7) is 9.71. The second-order valence-electron chi connectivity index (χ2n) is 8.31.